The van der Waals surface area contributed by atoms with Gasteiger partial charge in [0.05, 0.1) is 23.9 Å². The first-order valence-corrected chi connectivity index (χ1v) is 8.22. The minimum Gasteiger partial charge on any atom is -0.440 e. The molecule has 0 bridgehead atoms. The molecule has 2 aliphatic rings. The van der Waals surface area contributed by atoms with E-state index in [1.54, 1.807) is 4.90 Å². The first kappa shape index (κ1) is 14.5. The van der Waals surface area contributed by atoms with Crippen molar-refractivity contribution in [1.29, 1.82) is 0 Å². The Hall–Kier alpha value is -2.08. The van der Waals surface area contributed by atoms with Crippen molar-refractivity contribution in [3.63, 3.8) is 0 Å². The van der Waals surface area contributed by atoms with Gasteiger partial charge in [0.25, 0.3) is 0 Å². The van der Waals surface area contributed by atoms with E-state index in [0.29, 0.717) is 6.54 Å². The number of imidazole rings is 1. The highest BCUT2D eigenvalue weighted by molar-refractivity contribution is 5.74. The zero-order valence-corrected chi connectivity index (χ0v) is 13.4. The lowest BCUT2D eigenvalue weighted by atomic mass is 9.93. The third-order valence-corrected chi connectivity index (χ3v) is 4.94. The molecule has 0 saturated carbocycles. The van der Waals surface area contributed by atoms with Crippen LogP contribution < -0.4 is 0 Å². The Morgan fingerprint density at radius 2 is 2.13 bits per heavy atom. The predicted molar refractivity (Wildman–Crippen MR) is 87.2 cm³/mol. The summed E-state index contributed by atoms with van der Waals surface area (Å²) in [7, 11) is 1.81. The van der Waals surface area contributed by atoms with Gasteiger partial charge in [-0.05, 0) is 31.5 Å². The number of likely N-dealkylation sites (tertiary alicyclic amines) is 1. The average Bonchev–Trinajstić information content (AvgIpc) is 3.07. The number of hydrogen-bond donors (Lipinski definition) is 0. The smallest absolute Gasteiger partial charge is 0.410 e. The fourth-order valence-electron chi connectivity index (χ4n) is 3.82. The molecule has 1 amide bonds. The van der Waals surface area contributed by atoms with Crippen molar-refractivity contribution >= 4 is 17.1 Å². The molecule has 3 heterocycles. The van der Waals surface area contributed by atoms with Gasteiger partial charge < -0.3 is 14.2 Å². The second-order valence-corrected chi connectivity index (χ2v) is 6.71. The number of likely N-dealkylation sites (N-methyl/N-ethyl adjacent to an activating group) is 1. The van der Waals surface area contributed by atoms with Crippen molar-refractivity contribution in [3.05, 3.63) is 30.6 Å². The van der Waals surface area contributed by atoms with Gasteiger partial charge in [0.2, 0.25) is 0 Å². The SMILES string of the molecule is CN1C[C@]2(CCCN(CCn3cnc4ccccc43)C2)OC1=O. The minimum absolute atomic E-state index is 0.188. The number of fused-ring (bicyclic) bond motifs is 1. The summed E-state index contributed by atoms with van der Waals surface area (Å²) in [4.78, 5) is 20.3. The number of carbonyl (C=O) groups excluding carboxylic acids is 1. The number of ether oxygens (including phenoxy) is 1. The van der Waals surface area contributed by atoms with E-state index in [-0.39, 0.29) is 11.7 Å². The average molecular weight is 314 g/mol. The van der Waals surface area contributed by atoms with Crippen molar-refractivity contribution in [2.24, 2.45) is 0 Å². The zero-order valence-electron chi connectivity index (χ0n) is 13.4. The monoisotopic (exact) mass is 314 g/mol. The molecule has 4 rings (SSSR count). The van der Waals surface area contributed by atoms with Crippen LogP contribution in [0.4, 0.5) is 4.79 Å². The van der Waals surface area contributed by atoms with Crippen LogP contribution in [0.25, 0.3) is 11.0 Å². The lowest BCUT2D eigenvalue weighted by molar-refractivity contribution is -0.00949. The Kier molecular flexibility index (Phi) is 3.49. The van der Waals surface area contributed by atoms with Gasteiger partial charge in [-0.2, -0.15) is 0 Å². The van der Waals surface area contributed by atoms with Crippen molar-refractivity contribution in [2.75, 3.05) is 33.2 Å². The number of nitrogens with zero attached hydrogens (tertiary/aromatic N) is 4. The third kappa shape index (κ3) is 2.67. The van der Waals surface area contributed by atoms with Gasteiger partial charge in [-0.1, -0.05) is 12.1 Å². The van der Waals surface area contributed by atoms with E-state index in [2.05, 4.69) is 20.5 Å². The molecule has 0 N–H and O–H groups in total. The van der Waals surface area contributed by atoms with Gasteiger partial charge in [0, 0.05) is 26.7 Å². The molecule has 2 saturated heterocycles. The maximum absolute atomic E-state index is 11.7. The number of carbonyl (C=O) groups is 1. The van der Waals surface area contributed by atoms with Crippen LogP contribution in [-0.2, 0) is 11.3 Å². The molecule has 2 fully saturated rings. The Labute approximate surface area is 135 Å². The minimum atomic E-state index is -0.304. The van der Waals surface area contributed by atoms with E-state index in [1.165, 1.54) is 5.52 Å². The van der Waals surface area contributed by atoms with E-state index >= 15 is 0 Å². The Morgan fingerprint density at radius 1 is 1.26 bits per heavy atom. The van der Waals surface area contributed by atoms with Gasteiger partial charge in [-0.15, -0.1) is 0 Å². The number of benzene rings is 1. The first-order chi connectivity index (χ1) is 11.2. The summed E-state index contributed by atoms with van der Waals surface area (Å²) >= 11 is 0. The zero-order chi connectivity index (χ0) is 15.9. The molecule has 2 aliphatic heterocycles. The van der Waals surface area contributed by atoms with E-state index in [9.17, 15) is 4.79 Å². The quantitative estimate of drug-likeness (QED) is 0.869. The van der Waals surface area contributed by atoms with Gasteiger partial charge in [0.1, 0.15) is 5.60 Å². The molecular formula is C17H22N4O2. The highest BCUT2D eigenvalue weighted by atomic mass is 16.6. The first-order valence-electron chi connectivity index (χ1n) is 8.22. The van der Waals surface area contributed by atoms with Gasteiger partial charge in [-0.3, -0.25) is 4.90 Å². The summed E-state index contributed by atoms with van der Waals surface area (Å²) < 4.78 is 7.86. The largest absolute Gasteiger partial charge is 0.440 e. The highest BCUT2D eigenvalue weighted by Crippen LogP contribution is 2.31. The molecule has 1 aromatic carbocycles. The van der Waals surface area contributed by atoms with Crippen molar-refractivity contribution in [3.8, 4) is 0 Å². The summed E-state index contributed by atoms with van der Waals surface area (Å²) in [6.45, 7) is 4.45. The molecule has 2 aromatic rings. The molecule has 1 atom stereocenters. The summed E-state index contributed by atoms with van der Waals surface area (Å²) in [5, 5.41) is 0. The summed E-state index contributed by atoms with van der Waals surface area (Å²) in [6, 6.07) is 8.20. The van der Waals surface area contributed by atoms with E-state index in [0.717, 1.165) is 44.5 Å². The molecule has 122 valence electrons. The number of piperidine rings is 1. The maximum atomic E-state index is 11.7. The Balaban J connectivity index is 1.42. The number of para-hydroxylation sites is 2. The molecule has 0 radical (unpaired) electrons. The Bertz CT molecular complexity index is 728. The fourth-order valence-corrected chi connectivity index (χ4v) is 3.82. The third-order valence-electron chi connectivity index (χ3n) is 4.94. The summed E-state index contributed by atoms with van der Waals surface area (Å²) in [6.07, 6.45) is 3.76. The normalized spacial score (nSPS) is 25.4. The summed E-state index contributed by atoms with van der Waals surface area (Å²) in [5.74, 6) is 0. The van der Waals surface area contributed by atoms with E-state index in [1.807, 2.05) is 31.6 Å². The maximum Gasteiger partial charge on any atom is 0.410 e. The number of hydrogen-bond acceptors (Lipinski definition) is 4. The van der Waals surface area contributed by atoms with Gasteiger partial charge in [0.15, 0.2) is 0 Å². The van der Waals surface area contributed by atoms with Crippen LogP contribution in [0.15, 0.2) is 30.6 Å². The number of aromatic nitrogens is 2. The van der Waals surface area contributed by atoms with E-state index < -0.39 is 0 Å². The molecular weight excluding hydrogens is 292 g/mol. The van der Waals surface area contributed by atoms with Crippen LogP contribution in [0.2, 0.25) is 0 Å². The highest BCUT2D eigenvalue weighted by Gasteiger charge is 2.46. The van der Waals surface area contributed by atoms with E-state index in [4.69, 9.17) is 4.74 Å². The van der Waals surface area contributed by atoms with Crippen LogP contribution in [0.5, 0.6) is 0 Å². The second-order valence-electron chi connectivity index (χ2n) is 6.71. The Morgan fingerprint density at radius 3 is 2.96 bits per heavy atom. The molecule has 1 spiro atoms. The number of amides is 1. The van der Waals surface area contributed by atoms with Crippen LogP contribution in [0, 0.1) is 0 Å². The van der Waals surface area contributed by atoms with Gasteiger partial charge >= 0.3 is 6.09 Å². The molecule has 6 heteroatoms. The molecule has 6 nitrogen and oxygen atoms in total. The van der Waals surface area contributed by atoms with Crippen LogP contribution >= 0.6 is 0 Å². The summed E-state index contributed by atoms with van der Waals surface area (Å²) in [5.41, 5.74) is 1.90. The van der Waals surface area contributed by atoms with Crippen LogP contribution in [-0.4, -0.2) is 64.3 Å². The van der Waals surface area contributed by atoms with Crippen molar-refractivity contribution in [2.45, 2.75) is 25.0 Å². The molecule has 0 unspecified atom stereocenters. The van der Waals surface area contributed by atoms with Gasteiger partial charge in [-0.25, -0.2) is 9.78 Å². The standard InChI is InChI=1S/C17H22N4O2/c1-19-11-17(23-16(19)22)7-4-8-20(12-17)9-10-21-13-18-14-5-2-3-6-15(14)21/h2-3,5-6,13H,4,7-12H2,1H3/t17-/m0/s1. The van der Waals surface area contributed by atoms with Crippen molar-refractivity contribution in [1.82, 2.24) is 19.4 Å². The number of rotatable bonds is 3. The van der Waals surface area contributed by atoms with Crippen LogP contribution in [0.1, 0.15) is 12.8 Å². The molecule has 1 aromatic heterocycles. The molecule has 0 aliphatic carbocycles. The topological polar surface area (TPSA) is 50.6 Å². The van der Waals surface area contributed by atoms with Crippen LogP contribution in [0.3, 0.4) is 0 Å². The lowest BCUT2D eigenvalue weighted by Gasteiger charge is -2.38. The predicted octanol–water partition coefficient (Wildman–Crippen LogP) is 1.95. The second kappa shape index (κ2) is 5.53. The molecule has 23 heavy (non-hydrogen) atoms. The lowest BCUT2D eigenvalue weighted by Crippen LogP contribution is -2.51. The van der Waals surface area contributed by atoms with Crippen molar-refractivity contribution < 1.29 is 9.53 Å². The fraction of sp³-hybridized carbons (Fsp3) is 0.529.